The molecule has 0 unspecified atom stereocenters. The van der Waals surface area contributed by atoms with Crippen LogP contribution in [0.3, 0.4) is 0 Å². The van der Waals surface area contributed by atoms with Crippen LogP contribution < -0.4 is 10.5 Å². The van der Waals surface area contributed by atoms with E-state index in [9.17, 15) is 22.4 Å². The number of benzene rings is 1. The number of rotatable bonds is 2. The number of halogens is 4. The molecular formula is C9H7F4NO2. The van der Waals surface area contributed by atoms with Crippen molar-refractivity contribution >= 4 is 5.91 Å². The summed E-state index contributed by atoms with van der Waals surface area (Å²) in [6.45, 7) is 0. The molecule has 0 bridgehead atoms. The van der Waals surface area contributed by atoms with Gasteiger partial charge in [-0.2, -0.15) is 13.2 Å². The number of methoxy groups -OCH3 is 1. The summed E-state index contributed by atoms with van der Waals surface area (Å²) in [5, 5.41) is 0. The van der Waals surface area contributed by atoms with Gasteiger partial charge in [0.25, 0.3) is 5.91 Å². The van der Waals surface area contributed by atoms with E-state index >= 15 is 0 Å². The van der Waals surface area contributed by atoms with E-state index in [0.29, 0.717) is 6.07 Å². The van der Waals surface area contributed by atoms with Crippen LogP contribution in [0.15, 0.2) is 12.1 Å². The number of hydrogen-bond donors (Lipinski definition) is 1. The summed E-state index contributed by atoms with van der Waals surface area (Å²) in [4.78, 5) is 10.8. The van der Waals surface area contributed by atoms with Gasteiger partial charge in [0.2, 0.25) is 0 Å². The van der Waals surface area contributed by atoms with Crippen molar-refractivity contribution in [1.29, 1.82) is 0 Å². The predicted molar refractivity (Wildman–Crippen MR) is 46.5 cm³/mol. The molecular weight excluding hydrogens is 230 g/mol. The highest BCUT2D eigenvalue weighted by Gasteiger charge is 2.33. The standard InChI is InChI=1S/C9H7F4NO2/c1-16-6-3-4(9(11,12)13)2-5(10)7(6)8(14)15/h2-3H,1H3,(H2,14,15). The molecule has 0 fully saturated rings. The predicted octanol–water partition coefficient (Wildman–Crippen LogP) is 1.95. The van der Waals surface area contributed by atoms with Gasteiger partial charge in [-0.15, -0.1) is 0 Å². The molecule has 2 N–H and O–H groups in total. The Morgan fingerprint density at radius 1 is 1.38 bits per heavy atom. The van der Waals surface area contributed by atoms with E-state index in [1.54, 1.807) is 0 Å². The van der Waals surface area contributed by atoms with Crippen molar-refractivity contribution in [3.63, 3.8) is 0 Å². The first kappa shape index (κ1) is 12.3. The van der Waals surface area contributed by atoms with Crippen molar-refractivity contribution in [1.82, 2.24) is 0 Å². The zero-order valence-electron chi connectivity index (χ0n) is 8.06. The minimum atomic E-state index is -4.72. The Morgan fingerprint density at radius 3 is 2.31 bits per heavy atom. The molecule has 0 heterocycles. The lowest BCUT2D eigenvalue weighted by atomic mass is 10.1. The van der Waals surface area contributed by atoms with Crippen molar-refractivity contribution in [3.05, 3.63) is 29.1 Å². The molecule has 0 saturated carbocycles. The van der Waals surface area contributed by atoms with Gasteiger partial charge in [-0.3, -0.25) is 4.79 Å². The molecule has 0 aromatic heterocycles. The molecule has 16 heavy (non-hydrogen) atoms. The number of nitrogens with two attached hydrogens (primary N) is 1. The molecule has 88 valence electrons. The Labute approximate surface area is 87.8 Å². The third-order valence-electron chi connectivity index (χ3n) is 1.85. The van der Waals surface area contributed by atoms with Gasteiger partial charge in [0.05, 0.1) is 12.7 Å². The number of hydrogen-bond acceptors (Lipinski definition) is 2. The monoisotopic (exact) mass is 237 g/mol. The highest BCUT2D eigenvalue weighted by Crippen LogP contribution is 2.34. The van der Waals surface area contributed by atoms with Crippen molar-refractivity contribution in [2.24, 2.45) is 5.73 Å². The molecule has 0 aliphatic carbocycles. The molecule has 7 heteroatoms. The van der Waals surface area contributed by atoms with Gasteiger partial charge in [-0.1, -0.05) is 0 Å². The molecule has 0 atom stereocenters. The summed E-state index contributed by atoms with van der Waals surface area (Å²) in [5.41, 5.74) is 2.87. The first-order valence-corrected chi connectivity index (χ1v) is 4.02. The number of carbonyl (C=O) groups excluding carboxylic acids is 1. The lowest BCUT2D eigenvalue weighted by Crippen LogP contribution is -2.16. The van der Waals surface area contributed by atoms with Crippen LogP contribution in [-0.4, -0.2) is 13.0 Å². The van der Waals surface area contributed by atoms with E-state index in [0.717, 1.165) is 7.11 Å². The van der Waals surface area contributed by atoms with E-state index in [-0.39, 0.29) is 6.07 Å². The average Bonchev–Trinajstić information content (AvgIpc) is 2.14. The second kappa shape index (κ2) is 3.99. The molecule has 0 saturated heterocycles. The molecule has 1 aromatic carbocycles. The Bertz CT molecular complexity index is 428. The Balaban J connectivity index is 3.44. The number of alkyl halides is 3. The maximum absolute atomic E-state index is 13.2. The van der Waals surface area contributed by atoms with Gasteiger partial charge < -0.3 is 10.5 Å². The topological polar surface area (TPSA) is 52.3 Å². The number of amides is 1. The lowest BCUT2D eigenvalue weighted by molar-refractivity contribution is -0.137. The third-order valence-corrected chi connectivity index (χ3v) is 1.85. The molecule has 1 aromatic rings. The van der Waals surface area contributed by atoms with E-state index in [1.165, 1.54) is 0 Å². The average molecular weight is 237 g/mol. The van der Waals surface area contributed by atoms with Gasteiger partial charge >= 0.3 is 6.18 Å². The van der Waals surface area contributed by atoms with Crippen LogP contribution in [0, 0.1) is 5.82 Å². The fraction of sp³-hybridized carbons (Fsp3) is 0.222. The van der Waals surface area contributed by atoms with Crippen molar-refractivity contribution in [2.75, 3.05) is 7.11 Å². The largest absolute Gasteiger partial charge is 0.496 e. The lowest BCUT2D eigenvalue weighted by Gasteiger charge is -2.11. The molecule has 0 spiro atoms. The van der Waals surface area contributed by atoms with Gasteiger partial charge in [0, 0.05) is 0 Å². The van der Waals surface area contributed by atoms with Gasteiger partial charge in [-0.25, -0.2) is 4.39 Å². The Hall–Kier alpha value is -1.79. The number of primary amides is 1. The number of carbonyl (C=O) groups is 1. The molecule has 3 nitrogen and oxygen atoms in total. The minimum Gasteiger partial charge on any atom is -0.496 e. The summed E-state index contributed by atoms with van der Waals surface area (Å²) < 4.78 is 54.5. The Kier molecular flexibility index (Phi) is 3.06. The summed E-state index contributed by atoms with van der Waals surface area (Å²) >= 11 is 0. The van der Waals surface area contributed by atoms with Gasteiger partial charge in [-0.05, 0) is 12.1 Å². The van der Waals surface area contributed by atoms with Crippen LogP contribution in [0.2, 0.25) is 0 Å². The maximum atomic E-state index is 13.2. The van der Waals surface area contributed by atoms with E-state index < -0.39 is 34.8 Å². The molecule has 0 aliphatic heterocycles. The SMILES string of the molecule is COc1cc(C(F)(F)F)cc(F)c1C(N)=O. The maximum Gasteiger partial charge on any atom is 0.416 e. The molecule has 1 rings (SSSR count). The molecule has 0 radical (unpaired) electrons. The first-order valence-electron chi connectivity index (χ1n) is 4.02. The van der Waals surface area contributed by atoms with Crippen LogP contribution in [0.25, 0.3) is 0 Å². The zero-order chi connectivity index (χ0) is 12.5. The summed E-state index contributed by atoms with van der Waals surface area (Å²) in [6, 6.07) is 0.714. The molecule has 0 aliphatic rings. The second-order valence-corrected chi connectivity index (χ2v) is 2.90. The van der Waals surface area contributed by atoms with Crippen LogP contribution >= 0.6 is 0 Å². The van der Waals surface area contributed by atoms with Crippen LogP contribution in [-0.2, 0) is 6.18 Å². The first-order chi connectivity index (χ1) is 7.27. The van der Waals surface area contributed by atoms with Crippen LogP contribution in [0.5, 0.6) is 5.75 Å². The van der Waals surface area contributed by atoms with Crippen molar-refractivity contribution < 1.29 is 27.1 Å². The quantitative estimate of drug-likeness (QED) is 0.799. The van der Waals surface area contributed by atoms with E-state index in [1.807, 2.05) is 0 Å². The van der Waals surface area contributed by atoms with Crippen molar-refractivity contribution in [3.8, 4) is 5.75 Å². The summed E-state index contributed by atoms with van der Waals surface area (Å²) in [7, 11) is 1.02. The third kappa shape index (κ3) is 2.23. The minimum absolute atomic E-state index is 0.197. The molecule has 1 amide bonds. The van der Waals surface area contributed by atoms with Crippen LogP contribution in [0.4, 0.5) is 17.6 Å². The normalized spacial score (nSPS) is 11.3. The number of ether oxygens (including phenoxy) is 1. The Morgan fingerprint density at radius 2 is 1.94 bits per heavy atom. The van der Waals surface area contributed by atoms with Crippen LogP contribution in [0.1, 0.15) is 15.9 Å². The fourth-order valence-electron chi connectivity index (χ4n) is 1.15. The van der Waals surface area contributed by atoms with Gasteiger partial charge in [0.15, 0.2) is 0 Å². The van der Waals surface area contributed by atoms with Crippen molar-refractivity contribution in [2.45, 2.75) is 6.18 Å². The smallest absolute Gasteiger partial charge is 0.416 e. The zero-order valence-corrected chi connectivity index (χ0v) is 8.06. The van der Waals surface area contributed by atoms with Gasteiger partial charge in [0.1, 0.15) is 17.1 Å². The van der Waals surface area contributed by atoms with E-state index in [2.05, 4.69) is 4.74 Å². The summed E-state index contributed by atoms with van der Waals surface area (Å²) in [6.07, 6.45) is -4.72. The summed E-state index contributed by atoms with van der Waals surface area (Å²) in [5.74, 6) is -3.10. The fourth-order valence-corrected chi connectivity index (χ4v) is 1.15. The van der Waals surface area contributed by atoms with E-state index in [4.69, 9.17) is 5.73 Å². The highest BCUT2D eigenvalue weighted by atomic mass is 19.4. The second-order valence-electron chi connectivity index (χ2n) is 2.90. The highest BCUT2D eigenvalue weighted by molar-refractivity contribution is 5.96.